The van der Waals surface area contributed by atoms with Crippen LogP contribution in [0.5, 0.6) is 0 Å². The summed E-state index contributed by atoms with van der Waals surface area (Å²) in [6.45, 7) is 4.61. The van der Waals surface area contributed by atoms with E-state index in [1.807, 2.05) is 13.8 Å². The van der Waals surface area contributed by atoms with E-state index in [0.717, 1.165) is 12.8 Å². The summed E-state index contributed by atoms with van der Waals surface area (Å²) < 4.78 is 28.0. The number of rotatable bonds is 7. The predicted octanol–water partition coefficient (Wildman–Crippen LogP) is 0.558. The Hall–Kier alpha value is -0.920. The van der Waals surface area contributed by atoms with Crippen molar-refractivity contribution in [2.24, 2.45) is 12.8 Å². The van der Waals surface area contributed by atoms with E-state index in [9.17, 15) is 8.42 Å². The molecule has 1 rings (SSSR count). The molecule has 6 nitrogen and oxygen atoms in total. The van der Waals surface area contributed by atoms with Gasteiger partial charge in [-0.1, -0.05) is 13.8 Å². The van der Waals surface area contributed by atoms with Crippen molar-refractivity contribution in [3.63, 3.8) is 0 Å². The molecule has 1 aromatic heterocycles. The molecule has 104 valence electrons. The molecule has 1 aromatic rings. The molecule has 0 spiro atoms. The van der Waals surface area contributed by atoms with E-state index < -0.39 is 10.0 Å². The number of nitrogens with zero attached hydrogens (tertiary/aromatic N) is 3. The van der Waals surface area contributed by atoms with Crippen molar-refractivity contribution in [3.05, 3.63) is 12.3 Å². The van der Waals surface area contributed by atoms with Crippen LogP contribution in [-0.2, 0) is 17.1 Å². The second kappa shape index (κ2) is 6.31. The third-order valence-electron chi connectivity index (χ3n) is 3.05. The molecule has 0 saturated heterocycles. The Morgan fingerprint density at radius 1 is 1.44 bits per heavy atom. The van der Waals surface area contributed by atoms with Gasteiger partial charge in [0.05, 0.1) is 6.20 Å². The third kappa shape index (κ3) is 2.90. The van der Waals surface area contributed by atoms with Crippen LogP contribution in [0.3, 0.4) is 0 Å². The van der Waals surface area contributed by atoms with E-state index in [1.165, 1.54) is 21.3 Å². The lowest BCUT2D eigenvalue weighted by atomic mass is 10.2. The first-order valence-electron chi connectivity index (χ1n) is 6.18. The second-order valence-electron chi connectivity index (χ2n) is 4.17. The highest BCUT2D eigenvalue weighted by molar-refractivity contribution is 7.89. The summed E-state index contributed by atoms with van der Waals surface area (Å²) in [5, 5.41) is 4.13. The first-order valence-corrected chi connectivity index (χ1v) is 7.62. The average molecular weight is 274 g/mol. The number of sulfonamides is 1. The molecule has 0 aliphatic heterocycles. The molecule has 0 radical (unpaired) electrons. The number of aromatic nitrogens is 2. The molecule has 0 fully saturated rings. The van der Waals surface area contributed by atoms with Crippen molar-refractivity contribution < 1.29 is 8.42 Å². The van der Waals surface area contributed by atoms with Gasteiger partial charge in [0.1, 0.15) is 0 Å². The van der Waals surface area contributed by atoms with Crippen molar-refractivity contribution in [3.8, 4) is 0 Å². The molecule has 0 atom stereocenters. The van der Waals surface area contributed by atoms with Crippen LogP contribution in [-0.4, -0.2) is 41.6 Å². The second-order valence-corrected chi connectivity index (χ2v) is 6.01. The zero-order valence-electron chi connectivity index (χ0n) is 11.2. The van der Waals surface area contributed by atoms with E-state index in [-0.39, 0.29) is 11.1 Å². The minimum Gasteiger partial charge on any atom is -0.329 e. The maximum atomic E-state index is 12.6. The number of hydrogen-bond acceptors (Lipinski definition) is 4. The Labute approximate surface area is 109 Å². The molecule has 7 heteroatoms. The van der Waals surface area contributed by atoms with Crippen molar-refractivity contribution in [2.45, 2.75) is 37.8 Å². The lowest BCUT2D eigenvalue weighted by Crippen LogP contribution is -2.43. The summed E-state index contributed by atoms with van der Waals surface area (Å²) in [6, 6.07) is 1.50. The maximum Gasteiger partial charge on any atom is 0.260 e. The highest BCUT2D eigenvalue weighted by atomic mass is 32.2. The fourth-order valence-corrected chi connectivity index (χ4v) is 3.95. The molecule has 18 heavy (non-hydrogen) atoms. The largest absolute Gasteiger partial charge is 0.329 e. The monoisotopic (exact) mass is 274 g/mol. The first-order chi connectivity index (χ1) is 8.48. The van der Waals surface area contributed by atoms with E-state index in [0.29, 0.717) is 13.1 Å². The van der Waals surface area contributed by atoms with Gasteiger partial charge in [-0.3, -0.25) is 4.68 Å². The van der Waals surface area contributed by atoms with Crippen LogP contribution in [0.2, 0.25) is 0 Å². The van der Waals surface area contributed by atoms with Crippen LogP contribution in [0.4, 0.5) is 0 Å². The van der Waals surface area contributed by atoms with E-state index in [1.54, 1.807) is 7.05 Å². The van der Waals surface area contributed by atoms with Gasteiger partial charge < -0.3 is 5.73 Å². The van der Waals surface area contributed by atoms with Crippen molar-refractivity contribution >= 4 is 10.0 Å². The molecular weight excluding hydrogens is 252 g/mol. The van der Waals surface area contributed by atoms with Crippen molar-refractivity contribution in [2.75, 3.05) is 13.1 Å². The minimum atomic E-state index is -3.52. The maximum absolute atomic E-state index is 12.6. The van der Waals surface area contributed by atoms with Crippen molar-refractivity contribution in [1.29, 1.82) is 0 Å². The predicted molar refractivity (Wildman–Crippen MR) is 70.5 cm³/mol. The fraction of sp³-hybridized carbons (Fsp3) is 0.727. The van der Waals surface area contributed by atoms with Crippen LogP contribution in [0, 0.1) is 0 Å². The van der Waals surface area contributed by atoms with Crippen LogP contribution in [0.1, 0.15) is 26.7 Å². The van der Waals surface area contributed by atoms with Crippen molar-refractivity contribution in [1.82, 2.24) is 14.1 Å². The van der Waals surface area contributed by atoms with Gasteiger partial charge in [-0.2, -0.15) is 9.40 Å². The number of nitrogens with two attached hydrogens (primary N) is 1. The smallest absolute Gasteiger partial charge is 0.260 e. The summed E-state index contributed by atoms with van der Waals surface area (Å²) in [6.07, 6.45) is 3.03. The number of aryl methyl sites for hydroxylation is 1. The van der Waals surface area contributed by atoms with E-state index in [4.69, 9.17) is 5.73 Å². The third-order valence-corrected chi connectivity index (χ3v) is 5.08. The molecule has 0 amide bonds. The Morgan fingerprint density at radius 3 is 2.44 bits per heavy atom. The van der Waals surface area contributed by atoms with Gasteiger partial charge in [0.2, 0.25) is 0 Å². The number of hydrogen-bond donors (Lipinski definition) is 1. The molecule has 0 saturated carbocycles. The van der Waals surface area contributed by atoms with Gasteiger partial charge in [0, 0.05) is 26.2 Å². The van der Waals surface area contributed by atoms with Gasteiger partial charge in [-0.15, -0.1) is 0 Å². The van der Waals surface area contributed by atoms with Gasteiger partial charge >= 0.3 is 0 Å². The van der Waals surface area contributed by atoms with Gasteiger partial charge in [0.25, 0.3) is 10.0 Å². The lowest BCUT2D eigenvalue weighted by molar-refractivity contribution is 0.307. The molecule has 0 bridgehead atoms. The van der Waals surface area contributed by atoms with E-state index in [2.05, 4.69) is 5.10 Å². The Balaban J connectivity index is 3.16. The summed E-state index contributed by atoms with van der Waals surface area (Å²) in [7, 11) is -1.89. The van der Waals surface area contributed by atoms with Crippen LogP contribution < -0.4 is 5.73 Å². The molecular formula is C11H22N4O2S. The van der Waals surface area contributed by atoms with Crippen LogP contribution >= 0.6 is 0 Å². The molecule has 0 aliphatic carbocycles. The fourth-order valence-electron chi connectivity index (χ4n) is 2.06. The Kier molecular flexibility index (Phi) is 5.30. The zero-order valence-corrected chi connectivity index (χ0v) is 12.0. The normalized spacial score (nSPS) is 12.6. The van der Waals surface area contributed by atoms with E-state index >= 15 is 0 Å². The molecule has 0 aromatic carbocycles. The SMILES string of the molecule is CCC(CC)N(CCN)S(=O)(=O)c1ccnn1C. The van der Waals surface area contributed by atoms with Crippen LogP contribution in [0.15, 0.2) is 17.3 Å². The zero-order chi connectivity index (χ0) is 13.8. The molecule has 0 aliphatic rings. The average Bonchev–Trinajstić information content (AvgIpc) is 2.76. The standard InChI is InChI=1S/C11H22N4O2S/c1-4-10(5-2)15(9-7-12)18(16,17)11-6-8-13-14(11)3/h6,8,10H,4-5,7,9,12H2,1-3H3. The summed E-state index contributed by atoms with van der Waals surface area (Å²) in [4.78, 5) is 0. The summed E-state index contributed by atoms with van der Waals surface area (Å²) in [5.41, 5.74) is 5.54. The highest BCUT2D eigenvalue weighted by Gasteiger charge is 2.31. The lowest BCUT2D eigenvalue weighted by Gasteiger charge is -2.28. The quantitative estimate of drug-likeness (QED) is 0.787. The molecule has 2 N–H and O–H groups in total. The first kappa shape index (κ1) is 15.1. The Morgan fingerprint density at radius 2 is 2.06 bits per heavy atom. The highest BCUT2D eigenvalue weighted by Crippen LogP contribution is 2.20. The van der Waals surface area contributed by atoms with Gasteiger partial charge in [-0.25, -0.2) is 8.42 Å². The minimum absolute atomic E-state index is 0.0200. The molecule has 0 unspecified atom stereocenters. The topological polar surface area (TPSA) is 81.2 Å². The van der Waals surface area contributed by atoms with Crippen LogP contribution in [0.25, 0.3) is 0 Å². The summed E-state index contributed by atoms with van der Waals surface area (Å²) in [5.74, 6) is 0. The Bertz CT molecular complexity index is 465. The molecule has 1 heterocycles. The summed E-state index contributed by atoms with van der Waals surface area (Å²) >= 11 is 0. The van der Waals surface area contributed by atoms with Gasteiger partial charge in [0.15, 0.2) is 5.03 Å². The van der Waals surface area contributed by atoms with Gasteiger partial charge in [-0.05, 0) is 18.9 Å².